The number of benzene rings is 2. The van der Waals surface area contributed by atoms with E-state index >= 15 is 0 Å². The molecule has 0 amide bonds. The largest absolute Gasteiger partial charge is 0.497 e. The van der Waals surface area contributed by atoms with Crippen LogP contribution in [-0.2, 0) is 6.54 Å². The lowest BCUT2D eigenvalue weighted by Crippen LogP contribution is -2.22. The molecule has 0 aliphatic heterocycles. The first-order chi connectivity index (χ1) is 10.2. The third-order valence-electron chi connectivity index (χ3n) is 3.47. The van der Waals surface area contributed by atoms with Crippen molar-refractivity contribution in [3.8, 4) is 11.5 Å². The monoisotopic (exact) mass is 286 g/mol. The second kappa shape index (κ2) is 6.88. The van der Waals surface area contributed by atoms with Gasteiger partial charge in [-0.05, 0) is 37.3 Å². The van der Waals surface area contributed by atoms with Crippen molar-refractivity contribution in [2.45, 2.75) is 13.5 Å². The standard InChI is InChI=1S/C17H22N2O2/c1-4-19(15-7-5-6-14(18)10-15)12-13-8-9-16(20-2)11-17(13)21-3/h5-11H,4,12,18H2,1-3H3. The number of ether oxygens (including phenoxy) is 2. The highest BCUT2D eigenvalue weighted by Crippen LogP contribution is 2.27. The van der Waals surface area contributed by atoms with Crippen LogP contribution in [0.3, 0.4) is 0 Å². The molecule has 0 atom stereocenters. The van der Waals surface area contributed by atoms with Gasteiger partial charge in [0.1, 0.15) is 11.5 Å². The molecule has 2 aromatic rings. The number of hydrogen-bond donors (Lipinski definition) is 1. The van der Waals surface area contributed by atoms with Gasteiger partial charge in [0.05, 0.1) is 14.2 Å². The Hall–Kier alpha value is -2.36. The van der Waals surface area contributed by atoms with E-state index in [9.17, 15) is 0 Å². The zero-order valence-electron chi connectivity index (χ0n) is 12.8. The quantitative estimate of drug-likeness (QED) is 0.828. The van der Waals surface area contributed by atoms with E-state index in [4.69, 9.17) is 15.2 Å². The zero-order chi connectivity index (χ0) is 15.2. The van der Waals surface area contributed by atoms with Crippen LogP contribution in [0.5, 0.6) is 11.5 Å². The minimum atomic E-state index is 0.757. The van der Waals surface area contributed by atoms with Gasteiger partial charge >= 0.3 is 0 Å². The smallest absolute Gasteiger partial charge is 0.127 e. The molecule has 0 heterocycles. The van der Waals surface area contributed by atoms with Gasteiger partial charge < -0.3 is 20.1 Å². The molecule has 0 saturated heterocycles. The molecule has 2 N–H and O–H groups in total. The summed E-state index contributed by atoms with van der Waals surface area (Å²) in [6.07, 6.45) is 0. The van der Waals surface area contributed by atoms with Gasteiger partial charge in [-0.25, -0.2) is 0 Å². The molecule has 0 saturated carbocycles. The van der Waals surface area contributed by atoms with Gasteiger partial charge in [-0.3, -0.25) is 0 Å². The number of hydrogen-bond acceptors (Lipinski definition) is 4. The fourth-order valence-corrected chi connectivity index (χ4v) is 2.30. The van der Waals surface area contributed by atoms with Crippen molar-refractivity contribution in [1.82, 2.24) is 0 Å². The summed E-state index contributed by atoms with van der Waals surface area (Å²) in [4.78, 5) is 2.25. The van der Waals surface area contributed by atoms with Crippen LogP contribution in [0.1, 0.15) is 12.5 Å². The Kier molecular flexibility index (Phi) is 4.93. The molecule has 0 fully saturated rings. The maximum Gasteiger partial charge on any atom is 0.127 e. The highest BCUT2D eigenvalue weighted by atomic mass is 16.5. The molecule has 21 heavy (non-hydrogen) atoms. The van der Waals surface area contributed by atoms with Crippen LogP contribution in [0.4, 0.5) is 11.4 Å². The topological polar surface area (TPSA) is 47.7 Å². The lowest BCUT2D eigenvalue weighted by atomic mass is 10.1. The van der Waals surface area contributed by atoms with E-state index in [1.807, 2.05) is 36.4 Å². The van der Waals surface area contributed by atoms with Crippen LogP contribution >= 0.6 is 0 Å². The van der Waals surface area contributed by atoms with Gasteiger partial charge in [0.25, 0.3) is 0 Å². The molecule has 0 aliphatic carbocycles. The number of methoxy groups -OCH3 is 2. The number of nitrogens with two attached hydrogens (primary N) is 1. The van der Waals surface area contributed by atoms with Crippen molar-refractivity contribution in [1.29, 1.82) is 0 Å². The maximum atomic E-state index is 5.87. The van der Waals surface area contributed by atoms with Crippen molar-refractivity contribution >= 4 is 11.4 Å². The fourth-order valence-electron chi connectivity index (χ4n) is 2.30. The van der Waals surface area contributed by atoms with Crippen LogP contribution in [-0.4, -0.2) is 20.8 Å². The first kappa shape index (κ1) is 15.0. The van der Waals surface area contributed by atoms with Gasteiger partial charge in [-0.2, -0.15) is 0 Å². The Morgan fingerprint density at radius 2 is 1.86 bits per heavy atom. The van der Waals surface area contributed by atoms with Crippen LogP contribution < -0.4 is 20.1 Å². The fraction of sp³-hybridized carbons (Fsp3) is 0.294. The van der Waals surface area contributed by atoms with E-state index < -0.39 is 0 Å². The van der Waals surface area contributed by atoms with Gasteiger partial charge in [-0.1, -0.05) is 6.07 Å². The number of anilines is 2. The normalized spacial score (nSPS) is 10.2. The van der Waals surface area contributed by atoms with Crippen molar-refractivity contribution in [3.63, 3.8) is 0 Å². The summed E-state index contributed by atoms with van der Waals surface area (Å²) in [6.45, 7) is 3.77. The maximum absolute atomic E-state index is 5.87. The van der Waals surface area contributed by atoms with Crippen LogP contribution in [0.15, 0.2) is 42.5 Å². The van der Waals surface area contributed by atoms with Crippen molar-refractivity contribution < 1.29 is 9.47 Å². The van der Waals surface area contributed by atoms with E-state index in [2.05, 4.69) is 17.9 Å². The Morgan fingerprint density at radius 1 is 1.05 bits per heavy atom. The van der Waals surface area contributed by atoms with Crippen LogP contribution in [0, 0.1) is 0 Å². The molecule has 0 aromatic heterocycles. The minimum Gasteiger partial charge on any atom is -0.497 e. The van der Waals surface area contributed by atoms with Gasteiger partial charge in [-0.15, -0.1) is 0 Å². The summed E-state index contributed by atoms with van der Waals surface area (Å²) in [5, 5.41) is 0. The van der Waals surface area contributed by atoms with Crippen molar-refractivity contribution in [2.75, 3.05) is 31.4 Å². The first-order valence-corrected chi connectivity index (χ1v) is 6.99. The predicted molar refractivity (Wildman–Crippen MR) is 87.1 cm³/mol. The molecule has 2 rings (SSSR count). The third kappa shape index (κ3) is 3.60. The second-order valence-corrected chi connectivity index (χ2v) is 4.79. The molecule has 4 nitrogen and oxygen atoms in total. The van der Waals surface area contributed by atoms with Gasteiger partial charge in [0, 0.05) is 36.1 Å². The molecule has 0 unspecified atom stereocenters. The predicted octanol–water partition coefficient (Wildman–Crippen LogP) is 3.31. The molecular weight excluding hydrogens is 264 g/mol. The molecule has 0 bridgehead atoms. The zero-order valence-corrected chi connectivity index (χ0v) is 12.8. The Balaban J connectivity index is 2.26. The molecule has 0 radical (unpaired) electrons. The summed E-state index contributed by atoms with van der Waals surface area (Å²) >= 11 is 0. The van der Waals surface area contributed by atoms with Gasteiger partial charge in [0.2, 0.25) is 0 Å². The average Bonchev–Trinajstić information content (AvgIpc) is 2.52. The molecule has 4 heteroatoms. The second-order valence-electron chi connectivity index (χ2n) is 4.79. The summed E-state index contributed by atoms with van der Waals surface area (Å²) in [5.74, 6) is 1.62. The molecule has 0 aliphatic rings. The molecule has 112 valence electrons. The van der Waals surface area contributed by atoms with Gasteiger partial charge in [0.15, 0.2) is 0 Å². The summed E-state index contributed by atoms with van der Waals surface area (Å²) < 4.78 is 10.7. The van der Waals surface area contributed by atoms with E-state index in [-0.39, 0.29) is 0 Å². The summed E-state index contributed by atoms with van der Waals surface area (Å²) in [6, 6.07) is 13.8. The van der Waals surface area contributed by atoms with Crippen molar-refractivity contribution in [2.24, 2.45) is 0 Å². The minimum absolute atomic E-state index is 0.757. The highest BCUT2D eigenvalue weighted by Gasteiger charge is 2.10. The third-order valence-corrected chi connectivity index (χ3v) is 3.47. The van der Waals surface area contributed by atoms with Crippen LogP contribution in [0.2, 0.25) is 0 Å². The highest BCUT2D eigenvalue weighted by molar-refractivity contribution is 5.56. The summed E-state index contributed by atoms with van der Waals surface area (Å²) in [7, 11) is 3.33. The number of nitrogen functional groups attached to an aromatic ring is 1. The lowest BCUT2D eigenvalue weighted by molar-refractivity contribution is 0.391. The Morgan fingerprint density at radius 3 is 2.48 bits per heavy atom. The van der Waals surface area contributed by atoms with E-state index in [0.29, 0.717) is 0 Å². The lowest BCUT2D eigenvalue weighted by Gasteiger charge is -2.24. The van der Waals surface area contributed by atoms with Crippen LogP contribution in [0.25, 0.3) is 0 Å². The molecule has 0 spiro atoms. The Labute approximate surface area is 126 Å². The average molecular weight is 286 g/mol. The first-order valence-electron chi connectivity index (χ1n) is 6.99. The number of nitrogens with zero attached hydrogens (tertiary/aromatic N) is 1. The number of rotatable bonds is 6. The SMILES string of the molecule is CCN(Cc1ccc(OC)cc1OC)c1cccc(N)c1. The van der Waals surface area contributed by atoms with E-state index in [1.165, 1.54) is 0 Å². The summed E-state index contributed by atoms with van der Waals surface area (Å²) in [5.41, 5.74) is 8.86. The van der Waals surface area contributed by atoms with E-state index in [1.54, 1.807) is 14.2 Å². The molecular formula is C17H22N2O2. The van der Waals surface area contributed by atoms with Crippen molar-refractivity contribution in [3.05, 3.63) is 48.0 Å². The van der Waals surface area contributed by atoms with E-state index in [0.717, 1.165) is 41.5 Å². The Bertz CT molecular complexity index is 599. The molecule has 2 aromatic carbocycles.